The van der Waals surface area contributed by atoms with Gasteiger partial charge >= 0.3 is 0 Å². The molecule has 0 unspecified atom stereocenters. The molecule has 2 amide bonds. The summed E-state index contributed by atoms with van der Waals surface area (Å²) in [6.45, 7) is 6.79. The Morgan fingerprint density at radius 1 is 1.10 bits per heavy atom. The van der Waals surface area contributed by atoms with Crippen molar-refractivity contribution in [3.63, 3.8) is 0 Å². The zero-order valence-corrected chi connectivity index (χ0v) is 12.9. The maximum Gasteiger partial charge on any atom is 0.248 e. The van der Waals surface area contributed by atoms with E-state index < -0.39 is 5.41 Å². The molecule has 0 bridgehead atoms. The van der Waals surface area contributed by atoms with Crippen molar-refractivity contribution >= 4 is 11.8 Å². The Bertz CT molecular complexity index is 326. The Kier molecular flexibility index (Phi) is 6.42. The summed E-state index contributed by atoms with van der Waals surface area (Å²) in [7, 11) is 1.51. The number of hydrogen-bond donors (Lipinski definition) is 1. The Labute approximate surface area is 121 Å². The van der Waals surface area contributed by atoms with Crippen LogP contribution in [-0.2, 0) is 14.3 Å². The fourth-order valence-corrected chi connectivity index (χ4v) is 2.64. The average Bonchev–Trinajstić information content (AvgIpc) is 2.50. The first-order valence-corrected chi connectivity index (χ1v) is 7.30. The molecule has 1 aliphatic rings. The van der Waals surface area contributed by atoms with Crippen molar-refractivity contribution < 1.29 is 14.3 Å². The molecule has 0 aromatic heterocycles. The normalized spacial score (nSPS) is 16.4. The molecule has 1 rings (SSSR count). The first kappa shape index (κ1) is 16.9. The SMILES string of the molecule is CCC(CC)(CN)C(=O)N1CCN(C(=O)COC)CC1. The highest BCUT2D eigenvalue weighted by Gasteiger charge is 2.38. The first-order valence-electron chi connectivity index (χ1n) is 7.30. The lowest BCUT2D eigenvalue weighted by molar-refractivity contribution is -0.148. The maximum absolute atomic E-state index is 12.6. The molecule has 1 fully saturated rings. The van der Waals surface area contributed by atoms with E-state index in [1.807, 2.05) is 18.7 Å². The molecule has 0 spiro atoms. The van der Waals surface area contributed by atoms with Gasteiger partial charge in [0.1, 0.15) is 6.61 Å². The highest BCUT2D eigenvalue weighted by molar-refractivity contribution is 5.83. The molecule has 6 nitrogen and oxygen atoms in total. The molecule has 0 aromatic rings. The van der Waals surface area contributed by atoms with Gasteiger partial charge in [-0.15, -0.1) is 0 Å². The quantitative estimate of drug-likeness (QED) is 0.749. The number of ether oxygens (including phenoxy) is 1. The minimum atomic E-state index is -0.446. The predicted molar refractivity (Wildman–Crippen MR) is 77.1 cm³/mol. The molecule has 0 atom stereocenters. The number of methoxy groups -OCH3 is 1. The van der Waals surface area contributed by atoms with E-state index >= 15 is 0 Å². The van der Waals surface area contributed by atoms with E-state index in [0.29, 0.717) is 32.7 Å². The smallest absolute Gasteiger partial charge is 0.248 e. The fraction of sp³-hybridized carbons (Fsp3) is 0.857. The van der Waals surface area contributed by atoms with E-state index in [4.69, 9.17) is 10.5 Å². The summed E-state index contributed by atoms with van der Waals surface area (Å²) in [6.07, 6.45) is 1.50. The molecule has 1 aliphatic heterocycles. The highest BCUT2D eigenvalue weighted by Crippen LogP contribution is 2.28. The second-order valence-corrected chi connectivity index (χ2v) is 5.30. The Hall–Kier alpha value is -1.14. The Morgan fingerprint density at radius 2 is 1.60 bits per heavy atom. The van der Waals surface area contributed by atoms with Crippen LogP contribution < -0.4 is 5.73 Å². The molecular formula is C14H27N3O3. The summed E-state index contributed by atoms with van der Waals surface area (Å²) in [5.74, 6) is 0.111. The van der Waals surface area contributed by atoms with Crippen LogP contribution in [0.3, 0.4) is 0 Å². The van der Waals surface area contributed by atoms with Gasteiger partial charge in [-0.25, -0.2) is 0 Å². The van der Waals surface area contributed by atoms with E-state index in [1.165, 1.54) is 7.11 Å². The largest absolute Gasteiger partial charge is 0.375 e. The molecule has 1 heterocycles. The van der Waals surface area contributed by atoms with Gasteiger partial charge < -0.3 is 20.3 Å². The van der Waals surface area contributed by atoms with Gasteiger partial charge in [0.2, 0.25) is 11.8 Å². The number of carbonyl (C=O) groups excluding carboxylic acids is 2. The van der Waals surface area contributed by atoms with Crippen LogP contribution in [0.25, 0.3) is 0 Å². The number of amides is 2. The van der Waals surface area contributed by atoms with Gasteiger partial charge in [-0.05, 0) is 12.8 Å². The summed E-state index contributed by atoms with van der Waals surface area (Å²) < 4.78 is 4.85. The van der Waals surface area contributed by atoms with E-state index in [-0.39, 0.29) is 18.4 Å². The maximum atomic E-state index is 12.6. The molecule has 116 valence electrons. The van der Waals surface area contributed by atoms with Gasteiger partial charge in [0.25, 0.3) is 0 Å². The molecule has 0 saturated carbocycles. The minimum Gasteiger partial charge on any atom is -0.375 e. The summed E-state index contributed by atoms with van der Waals surface area (Å²) in [6, 6.07) is 0. The lowest BCUT2D eigenvalue weighted by atomic mass is 9.81. The van der Waals surface area contributed by atoms with Crippen LogP contribution in [0.15, 0.2) is 0 Å². The van der Waals surface area contributed by atoms with Crippen molar-refractivity contribution in [2.45, 2.75) is 26.7 Å². The van der Waals surface area contributed by atoms with Crippen LogP contribution in [0, 0.1) is 5.41 Å². The summed E-state index contributed by atoms with van der Waals surface area (Å²) >= 11 is 0. The van der Waals surface area contributed by atoms with Gasteiger partial charge in [-0.2, -0.15) is 0 Å². The molecule has 2 N–H and O–H groups in total. The van der Waals surface area contributed by atoms with Gasteiger partial charge in [-0.1, -0.05) is 13.8 Å². The van der Waals surface area contributed by atoms with Crippen LogP contribution in [0.1, 0.15) is 26.7 Å². The van der Waals surface area contributed by atoms with E-state index in [9.17, 15) is 9.59 Å². The summed E-state index contributed by atoms with van der Waals surface area (Å²) in [4.78, 5) is 27.9. The third-order valence-electron chi connectivity index (χ3n) is 4.39. The van der Waals surface area contributed by atoms with Gasteiger partial charge in [0.05, 0.1) is 5.41 Å². The highest BCUT2D eigenvalue weighted by atomic mass is 16.5. The number of nitrogens with zero attached hydrogens (tertiary/aromatic N) is 2. The predicted octanol–water partition coefficient (Wildman–Crippen LogP) is 0.0687. The molecule has 6 heteroatoms. The summed E-state index contributed by atoms with van der Waals surface area (Å²) in [5, 5.41) is 0. The Balaban J connectivity index is 2.60. The lowest BCUT2D eigenvalue weighted by Gasteiger charge is -2.40. The van der Waals surface area contributed by atoms with Crippen molar-refractivity contribution in [3.05, 3.63) is 0 Å². The van der Waals surface area contributed by atoms with Crippen LogP contribution in [0.5, 0.6) is 0 Å². The average molecular weight is 285 g/mol. The zero-order chi connectivity index (χ0) is 15.2. The third kappa shape index (κ3) is 3.49. The second kappa shape index (κ2) is 7.59. The molecule has 1 saturated heterocycles. The molecular weight excluding hydrogens is 258 g/mol. The van der Waals surface area contributed by atoms with Crippen LogP contribution in [0.4, 0.5) is 0 Å². The van der Waals surface area contributed by atoms with Crippen LogP contribution >= 0.6 is 0 Å². The molecule has 20 heavy (non-hydrogen) atoms. The van der Waals surface area contributed by atoms with Gasteiger partial charge in [-0.3, -0.25) is 9.59 Å². The minimum absolute atomic E-state index is 0.0179. The van der Waals surface area contributed by atoms with E-state index in [2.05, 4.69) is 0 Å². The van der Waals surface area contributed by atoms with Gasteiger partial charge in [0.15, 0.2) is 0 Å². The standard InChI is InChI=1S/C14H27N3O3/c1-4-14(5-2,11-15)13(19)17-8-6-16(7-9-17)12(18)10-20-3/h4-11,15H2,1-3H3. The molecule has 0 aliphatic carbocycles. The number of nitrogens with two attached hydrogens (primary N) is 1. The molecule has 0 radical (unpaired) electrons. The number of carbonyl (C=O) groups is 2. The Morgan fingerprint density at radius 3 is 2.00 bits per heavy atom. The van der Waals surface area contributed by atoms with Crippen molar-refractivity contribution in [1.82, 2.24) is 9.80 Å². The zero-order valence-electron chi connectivity index (χ0n) is 12.9. The van der Waals surface area contributed by atoms with Crippen molar-refractivity contribution in [2.24, 2.45) is 11.1 Å². The summed E-state index contributed by atoms with van der Waals surface area (Å²) in [5.41, 5.74) is 5.38. The number of hydrogen-bond acceptors (Lipinski definition) is 4. The van der Waals surface area contributed by atoms with E-state index in [1.54, 1.807) is 4.90 Å². The lowest BCUT2D eigenvalue weighted by Crippen LogP contribution is -2.56. The van der Waals surface area contributed by atoms with Crippen molar-refractivity contribution in [2.75, 3.05) is 46.4 Å². The topological polar surface area (TPSA) is 75.9 Å². The van der Waals surface area contributed by atoms with Crippen molar-refractivity contribution in [3.8, 4) is 0 Å². The van der Waals surface area contributed by atoms with E-state index in [0.717, 1.165) is 12.8 Å². The monoisotopic (exact) mass is 285 g/mol. The second-order valence-electron chi connectivity index (χ2n) is 5.30. The fourth-order valence-electron chi connectivity index (χ4n) is 2.64. The van der Waals surface area contributed by atoms with Gasteiger partial charge in [0, 0.05) is 39.8 Å². The molecule has 0 aromatic carbocycles. The number of rotatable bonds is 6. The first-order chi connectivity index (χ1) is 9.54. The van der Waals surface area contributed by atoms with Crippen LogP contribution in [-0.4, -0.2) is 68.1 Å². The number of piperazine rings is 1. The van der Waals surface area contributed by atoms with Crippen LogP contribution in [0.2, 0.25) is 0 Å². The third-order valence-corrected chi connectivity index (χ3v) is 4.39. The van der Waals surface area contributed by atoms with Crippen molar-refractivity contribution in [1.29, 1.82) is 0 Å².